The molecule has 0 aliphatic heterocycles. The van der Waals surface area contributed by atoms with Crippen molar-refractivity contribution < 1.29 is 4.79 Å². The number of hydrogen-bond acceptors (Lipinski definition) is 2. The number of amides is 1. The second-order valence-corrected chi connectivity index (χ2v) is 7.85. The summed E-state index contributed by atoms with van der Waals surface area (Å²) in [5.74, 6) is 3.30. The van der Waals surface area contributed by atoms with Crippen LogP contribution in [-0.2, 0) is 4.79 Å². The third-order valence-electron chi connectivity index (χ3n) is 6.71. The van der Waals surface area contributed by atoms with Gasteiger partial charge in [-0.15, -0.1) is 12.4 Å². The summed E-state index contributed by atoms with van der Waals surface area (Å²) in [7, 11) is 0. The van der Waals surface area contributed by atoms with Crippen LogP contribution in [0.1, 0.15) is 57.8 Å². The van der Waals surface area contributed by atoms with Crippen molar-refractivity contribution in [3.05, 3.63) is 0 Å². The highest BCUT2D eigenvalue weighted by Crippen LogP contribution is 2.49. The lowest BCUT2D eigenvalue weighted by molar-refractivity contribution is -0.127. The van der Waals surface area contributed by atoms with Gasteiger partial charge in [0.25, 0.3) is 0 Å². The second kappa shape index (κ2) is 6.08. The van der Waals surface area contributed by atoms with Crippen LogP contribution in [0.5, 0.6) is 0 Å². The van der Waals surface area contributed by atoms with Crippen molar-refractivity contribution in [1.82, 2.24) is 5.32 Å². The molecule has 0 spiro atoms. The maximum absolute atomic E-state index is 12.5. The lowest BCUT2D eigenvalue weighted by atomic mass is 9.84. The van der Waals surface area contributed by atoms with E-state index in [-0.39, 0.29) is 30.3 Å². The van der Waals surface area contributed by atoms with Gasteiger partial charge in [-0.2, -0.15) is 0 Å². The molecule has 21 heavy (non-hydrogen) atoms. The third-order valence-corrected chi connectivity index (χ3v) is 6.71. The van der Waals surface area contributed by atoms with Gasteiger partial charge in [0.2, 0.25) is 5.91 Å². The Kier molecular flexibility index (Phi) is 4.52. The van der Waals surface area contributed by atoms with Gasteiger partial charge in [-0.05, 0) is 49.4 Å². The average molecular weight is 313 g/mol. The minimum absolute atomic E-state index is 0. The van der Waals surface area contributed by atoms with Crippen molar-refractivity contribution >= 4 is 18.3 Å². The predicted molar refractivity (Wildman–Crippen MR) is 86.2 cm³/mol. The van der Waals surface area contributed by atoms with E-state index in [1.54, 1.807) is 0 Å². The Morgan fingerprint density at radius 1 is 0.905 bits per heavy atom. The molecule has 0 aromatic heterocycles. The molecule has 1 amide bonds. The lowest BCUT2D eigenvalue weighted by Crippen LogP contribution is -2.46. The van der Waals surface area contributed by atoms with Crippen molar-refractivity contribution in [3.63, 3.8) is 0 Å². The molecule has 6 atom stereocenters. The highest BCUT2D eigenvalue weighted by Gasteiger charge is 2.51. The fraction of sp³-hybridized carbons (Fsp3) is 0.941. The molecule has 3 nitrogen and oxygen atoms in total. The molecule has 0 saturated heterocycles. The number of rotatable bonds is 3. The Morgan fingerprint density at radius 3 is 2.29 bits per heavy atom. The Morgan fingerprint density at radius 2 is 1.62 bits per heavy atom. The van der Waals surface area contributed by atoms with Crippen LogP contribution in [-0.4, -0.2) is 18.0 Å². The van der Waals surface area contributed by atoms with E-state index in [1.165, 1.54) is 57.8 Å². The summed E-state index contributed by atoms with van der Waals surface area (Å²) in [4.78, 5) is 12.5. The maximum Gasteiger partial charge on any atom is 0.225 e. The summed E-state index contributed by atoms with van der Waals surface area (Å²) >= 11 is 0. The SMILES string of the molecule is Cl.NC1C2CCC(C2)C1C(=O)NC1CC1C1CCCCC1. The highest BCUT2D eigenvalue weighted by atomic mass is 35.5. The van der Waals surface area contributed by atoms with Gasteiger partial charge in [0, 0.05) is 12.1 Å². The number of nitrogens with two attached hydrogens (primary N) is 1. The van der Waals surface area contributed by atoms with Crippen LogP contribution in [0.4, 0.5) is 0 Å². The Hall–Kier alpha value is -0.280. The van der Waals surface area contributed by atoms with Crippen molar-refractivity contribution in [2.24, 2.45) is 35.3 Å². The van der Waals surface area contributed by atoms with E-state index in [9.17, 15) is 4.79 Å². The molecule has 3 N–H and O–H groups in total. The van der Waals surface area contributed by atoms with Crippen molar-refractivity contribution in [2.45, 2.75) is 69.9 Å². The van der Waals surface area contributed by atoms with Gasteiger partial charge in [-0.1, -0.05) is 32.1 Å². The van der Waals surface area contributed by atoms with E-state index < -0.39 is 0 Å². The Bertz CT molecular complexity index is 394. The fourth-order valence-corrected chi connectivity index (χ4v) is 5.47. The van der Waals surface area contributed by atoms with Gasteiger partial charge in [0.15, 0.2) is 0 Å². The molecule has 120 valence electrons. The van der Waals surface area contributed by atoms with Gasteiger partial charge in [0.05, 0.1) is 5.92 Å². The van der Waals surface area contributed by atoms with Crippen LogP contribution in [0.15, 0.2) is 0 Å². The lowest BCUT2D eigenvalue weighted by Gasteiger charge is -2.27. The molecule has 4 fully saturated rings. The van der Waals surface area contributed by atoms with Crippen molar-refractivity contribution in [2.75, 3.05) is 0 Å². The molecule has 4 rings (SSSR count). The molecule has 6 unspecified atom stereocenters. The summed E-state index contributed by atoms with van der Waals surface area (Å²) in [6.07, 6.45) is 11.9. The van der Waals surface area contributed by atoms with Crippen LogP contribution in [0, 0.1) is 29.6 Å². The number of hydrogen-bond donors (Lipinski definition) is 2. The first-order valence-electron chi connectivity index (χ1n) is 8.80. The molecule has 0 aromatic rings. The molecule has 0 heterocycles. The smallest absolute Gasteiger partial charge is 0.225 e. The maximum atomic E-state index is 12.5. The summed E-state index contributed by atoms with van der Waals surface area (Å²) < 4.78 is 0. The van der Waals surface area contributed by atoms with Crippen molar-refractivity contribution in [1.29, 1.82) is 0 Å². The first kappa shape index (κ1) is 15.6. The summed E-state index contributed by atoms with van der Waals surface area (Å²) in [5.41, 5.74) is 6.28. The number of nitrogens with one attached hydrogen (secondary N) is 1. The predicted octanol–water partition coefficient (Wildman–Crippen LogP) is 2.87. The number of carbonyl (C=O) groups is 1. The van der Waals surface area contributed by atoms with E-state index in [2.05, 4.69) is 5.32 Å². The normalized spacial score (nSPS) is 45.2. The van der Waals surface area contributed by atoms with E-state index in [1.807, 2.05) is 0 Å². The first-order valence-corrected chi connectivity index (χ1v) is 8.80. The number of fused-ring (bicyclic) bond motifs is 2. The van der Waals surface area contributed by atoms with Crippen molar-refractivity contribution in [3.8, 4) is 0 Å². The van der Waals surface area contributed by atoms with Gasteiger partial charge in [-0.3, -0.25) is 4.79 Å². The van der Waals surface area contributed by atoms with Gasteiger partial charge >= 0.3 is 0 Å². The first-order chi connectivity index (χ1) is 9.74. The molecule has 0 aromatic carbocycles. The molecule has 4 aliphatic rings. The zero-order valence-corrected chi connectivity index (χ0v) is 13.6. The standard InChI is InChI=1S/C17H28N2O.ClH/c18-16-12-7-6-11(8-12)15(16)17(20)19-14-9-13(14)10-4-2-1-3-5-10;/h10-16H,1-9,18H2,(H,19,20);1H. The quantitative estimate of drug-likeness (QED) is 0.842. The van der Waals surface area contributed by atoms with E-state index in [0.29, 0.717) is 17.9 Å². The van der Waals surface area contributed by atoms with Crippen LogP contribution < -0.4 is 11.1 Å². The zero-order chi connectivity index (χ0) is 13.7. The molecular weight excluding hydrogens is 284 g/mol. The minimum Gasteiger partial charge on any atom is -0.353 e. The molecule has 4 aliphatic carbocycles. The monoisotopic (exact) mass is 312 g/mol. The highest BCUT2D eigenvalue weighted by molar-refractivity contribution is 5.85. The molecular formula is C17H29ClN2O. The topological polar surface area (TPSA) is 55.1 Å². The average Bonchev–Trinajstić information content (AvgIpc) is 2.93. The molecule has 2 bridgehead atoms. The molecule has 4 saturated carbocycles. The van der Waals surface area contributed by atoms with E-state index >= 15 is 0 Å². The molecule has 0 radical (unpaired) electrons. The molecule has 4 heteroatoms. The van der Waals surface area contributed by atoms with Gasteiger partial charge in [0.1, 0.15) is 0 Å². The number of halogens is 1. The summed E-state index contributed by atoms with van der Waals surface area (Å²) in [5, 5.41) is 3.34. The van der Waals surface area contributed by atoms with E-state index in [4.69, 9.17) is 5.73 Å². The Labute approximate surface area is 134 Å². The number of carbonyl (C=O) groups excluding carboxylic acids is 1. The Balaban J connectivity index is 0.00000132. The van der Waals surface area contributed by atoms with E-state index in [0.717, 1.165) is 11.8 Å². The summed E-state index contributed by atoms with van der Waals surface area (Å²) in [6.45, 7) is 0. The third kappa shape index (κ3) is 2.84. The van der Waals surface area contributed by atoms with Crippen LogP contribution in [0.3, 0.4) is 0 Å². The van der Waals surface area contributed by atoms with Crippen LogP contribution in [0.25, 0.3) is 0 Å². The zero-order valence-electron chi connectivity index (χ0n) is 12.8. The van der Waals surface area contributed by atoms with Gasteiger partial charge in [-0.25, -0.2) is 0 Å². The fourth-order valence-electron chi connectivity index (χ4n) is 5.47. The van der Waals surface area contributed by atoms with Crippen LogP contribution >= 0.6 is 12.4 Å². The second-order valence-electron chi connectivity index (χ2n) is 7.85. The largest absolute Gasteiger partial charge is 0.353 e. The summed E-state index contributed by atoms with van der Waals surface area (Å²) in [6, 6.07) is 0.623. The van der Waals surface area contributed by atoms with Gasteiger partial charge < -0.3 is 11.1 Å². The minimum atomic E-state index is 0. The van der Waals surface area contributed by atoms with Crippen LogP contribution in [0.2, 0.25) is 0 Å².